The summed E-state index contributed by atoms with van der Waals surface area (Å²) in [4.78, 5) is 40.6. The number of aromatic amines is 1. The van der Waals surface area contributed by atoms with E-state index in [2.05, 4.69) is 15.0 Å². The second-order valence-electron chi connectivity index (χ2n) is 8.45. The molecule has 0 saturated carbocycles. The van der Waals surface area contributed by atoms with Crippen LogP contribution in [-0.2, 0) is 4.79 Å². The number of carbonyl (C=O) groups excluding carboxylic acids is 1. The first kappa shape index (κ1) is 21.7. The van der Waals surface area contributed by atoms with Crippen LogP contribution in [0, 0.1) is 17.2 Å². The zero-order valence-corrected chi connectivity index (χ0v) is 18.0. The van der Waals surface area contributed by atoms with Gasteiger partial charge in [0.1, 0.15) is 11.6 Å². The Hall–Kier alpha value is -3.48. The molecule has 2 saturated heterocycles. The van der Waals surface area contributed by atoms with Crippen LogP contribution in [0.1, 0.15) is 43.4 Å². The average Bonchev–Trinajstić information content (AvgIpc) is 3.20. The molecule has 1 amide bonds. The van der Waals surface area contributed by atoms with Crippen molar-refractivity contribution in [3.8, 4) is 11.8 Å². The molecule has 2 aliphatic rings. The van der Waals surface area contributed by atoms with Crippen LogP contribution in [0.2, 0.25) is 0 Å². The lowest BCUT2D eigenvalue weighted by atomic mass is 9.91. The molecule has 2 aromatic rings. The minimum Gasteiger partial charge on any atom is -0.494 e. The third-order valence-corrected chi connectivity index (χ3v) is 6.30. The van der Waals surface area contributed by atoms with Gasteiger partial charge in [-0.3, -0.25) is 9.59 Å². The number of methoxy groups -OCH3 is 1. The minimum atomic E-state index is -2.02. The number of ether oxygens (including phenoxy) is 1. The molecule has 0 aliphatic carbocycles. The molecule has 0 radical (unpaired) electrons. The molecule has 0 spiro atoms. The molecular weight excluding hydrogens is 415 g/mol. The second kappa shape index (κ2) is 8.57. The average molecular weight is 440 g/mol. The van der Waals surface area contributed by atoms with Crippen LogP contribution < -0.4 is 15.1 Å². The highest BCUT2D eigenvalue weighted by Gasteiger charge is 2.48. The summed E-state index contributed by atoms with van der Waals surface area (Å²) in [6, 6.07) is 1.32. The number of hydrogen-bond acceptors (Lipinski definition) is 7. The summed E-state index contributed by atoms with van der Waals surface area (Å²) in [6.07, 6.45) is 6.51. The Kier molecular flexibility index (Phi) is 5.82. The van der Waals surface area contributed by atoms with Crippen molar-refractivity contribution in [2.45, 2.75) is 37.9 Å². The number of H-pyrrole nitrogens is 1. The van der Waals surface area contributed by atoms with E-state index in [0.717, 1.165) is 0 Å². The zero-order valence-electron chi connectivity index (χ0n) is 18.0. The lowest BCUT2D eigenvalue weighted by molar-refractivity contribution is -0.146. The highest BCUT2D eigenvalue weighted by molar-refractivity contribution is 5.86. The van der Waals surface area contributed by atoms with E-state index in [1.807, 2.05) is 17.9 Å². The Morgan fingerprint density at radius 3 is 2.62 bits per heavy atom. The normalized spacial score (nSPS) is 22.4. The van der Waals surface area contributed by atoms with E-state index in [-0.39, 0.29) is 24.3 Å². The smallest absolute Gasteiger partial charge is 0.260 e. The summed E-state index contributed by atoms with van der Waals surface area (Å²) < 4.78 is 20.9. The Morgan fingerprint density at radius 2 is 2.00 bits per heavy atom. The summed E-state index contributed by atoms with van der Waals surface area (Å²) in [6.45, 7) is 2.94. The molecule has 0 unspecified atom stereocenters. The van der Waals surface area contributed by atoms with E-state index < -0.39 is 23.0 Å². The van der Waals surface area contributed by atoms with Gasteiger partial charge in [0.25, 0.3) is 5.91 Å². The highest BCUT2D eigenvalue weighted by Crippen LogP contribution is 2.39. The molecule has 0 aromatic carbocycles. The van der Waals surface area contributed by atoms with Gasteiger partial charge in [0.15, 0.2) is 11.4 Å². The van der Waals surface area contributed by atoms with Crippen molar-refractivity contribution in [2.75, 3.05) is 31.6 Å². The Bertz CT molecular complexity index is 1090. The van der Waals surface area contributed by atoms with Crippen LogP contribution in [-0.4, -0.2) is 58.2 Å². The predicted molar refractivity (Wildman–Crippen MR) is 114 cm³/mol. The van der Waals surface area contributed by atoms with E-state index >= 15 is 4.39 Å². The van der Waals surface area contributed by atoms with Crippen molar-refractivity contribution in [1.29, 1.82) is 5.26 Å². The van der Waals surface area contributed by atoms with Crippen molar-refractivity contribution in [3.63, 3.8) is 0 Å². The number of amides is 1. The molecule has 2 fully saturated rings. The Balaban J connectivity index is 1.51. The summed E-state index contributed by atoms with van der Waals surface area (Å²) in [5, 5.41) is 9.17. The quantitative estimate of drug-likeness (QED) is 0.773. The maximum absolute atomic E-state index is 15.9. The van der Waals surface area contributed by atoms with Crippen LogP contribution >= 0.6 is 0 Å². The number of pyridine rings is 1. The molecule has 2 atom stereocenters. The second-order valence-corrected chi connectivity index (χ2v) is 8.45. The number of carbonyl (C=O) groups is 1. The number of aromatic nitrogens is 3. The van der Waals surface area contributed by atoms with Crippen molar-refractivity contribution < 1.29 is 13.9 Å². The fourth-order valence-corrected chi connectivity index (χ4v) is 4.51. The molecule has 1 N–H and O–H groups in total. The molecule has 4 rings (SSSR count). The lowest BCUT2D eigenvalue weighted by Gasteiger charge is -2.38. The first-order chi connectivity index (χ1) is 15.4. The Morgan fingerprint density at radius 1 is 1.31 bits per heavy atom. The number of halogens is 1. The van der Waals surface area contributed by atoms with E-state index in [0.29, 0.717) is 43.3 Å². The number of nitrogens with one attached hydrogen (secondary N) is 1. The van der Waals surface area contributed by atoms with Crippen molar-refractivity contribution in [3.05, 3.63) is 46.1 Å². The van der Waals surface area contributed by atoms with Gasteiger partial charge in [-0.15, -0.1) is 0 Å². The molecular formula is C22H25FN6O3. The molecule has 2 aromatic heterocycles. The predicted octanol–water partition coefficient (Wildman–Crippen LogP) is 1.96. The van der Waals surface area contributed by atoms with Gasteiger partial charge in [0.05, 0.1) is 25.5 Å². The molecule has 10 heteroatoms. The number of nitrogens with zero attached hydrogens (tertiary/aromatic N) is 5. The number of nitriles is 1. The Labute approximate surface area is 184 Å². The molecule has 9 nitrogen and oxygen atoms in total. The number of rotatable bonds is 4. The number of likely N-dealkylation sites (tertiary alicyclic amines) is 1. The van der Waals surface area contributed by atoms with Gasteiger partial charge in [-0.05, 0) is 12.3 Å². The summed E-state index contributed by atoms with van der Waals surface area (Å²) in [5.41, 5.74) is -2.13. The van der Waals surface area contributed by atoms with Gasteiger partial charge in [0.2, 0.25) is 11.4 Å². The number of alkyl halides is 1. The van der Waals surface area contributed by atoms with Gasteiger partial charge >= 0.3 is 0 Å². The lowest BCUT2D eigenvalue weighted by Crippen LogP contribution is -2.53. The summed E-state index contributed by atoms with van der Waals surface area (Å²) in [7, 11) is 1.53. The first-order valence-electron chi connectivity index (χ1n) is 10.6. The van der Waals surface area contributed by atoms with Crippen molar-refractivity contribution in [2.24, 2.45) is 5.92 Å². The summed E-state index contributed by atoms with van der Waals surface area (Å²) in [5.74, 6) is 0.521. The largest absolute Gasteiger partial charge is 0.494 e. The van der Waals surface area contributed by atoms with Gasteiger partial charge < -0.3 is 19.5 Å². The van der Waals surface area contributed by atoms with Crippen molar-refractivity contribution >= 4 is 11.9 Å². The van der Waals surface area contributed by atoms with Gasteiger partial charge in [0, 0.05) is 50.4 Å². The molecule has 2 aliphatic heterocycles. The van der Waals surface area contributed by atoms with E-state index in [9.17, 15) is 14.9 Å². The first-order valence-corrected chi connectivity index (χ1v) is 10.6. The number of hydrogen-bond donors (Lipinski definition) is 1. The van der Waals surface area contributed by atoms with Gasteiger partial charge in [-0.1, -0.05) is 6.92 Å². The fraction of sp³-hybridized carbons (Fsp3) is 0.500. The number of anilines is 1. The van der Waals surface area contributed by atoms with Crippen LogP contribution in [0.25, 0.3) is 0 Å². The molecule has 0 bridgehead atoms. The van der Waals surface area contributed by atoms with Crippen molar-refractivity contribution in [1.82, 2.24) is 19.9 Å². The van der Waals surface area contributed by atoms with Crippen LogP contribution in [0.4, 0.5) is 10.3 Å². The topological polar surface area (TPSA) is 115 Å². The highest BCUT2D eigenvalue weighted by atomic mass is 19.1. The monoisotopic (exact) mass is 440 g/mol. The third-order valence-electron chi connectivity index (χ3n) is 6.30. The van der Waals surface area contributed by atoms with E-state index in [4.69, 9.17) is 4.74 Å². The van der Waals surface area contributed by atoms with E-state index in [1.165, 1.54) is 24.4 Å². The number of piperidine rings is 1. The molecule has 168 valence electrons. The van der Waals surface area contributed by atoms with Crippen LogP contribution in [0.5, 0.6) is 5.75 Å². The third kappa shape index (κ3) is 3.90. The van der Waals surface area contributed by atoms with Gasteiger partial charge in [-0.25, -0.2) is 14.4 Å². The zero-order chi connectivity index (χ0) is 22.9. The molecule has 32 heavy (non-hydrogen) atoms. The SMILES string of the molecule is COc1cnc(N2CCC(F)(C(=O)N3C[C@H](C)C[C@H]3c3c[nH]cc(C#N)c3=O)CC2)nc1. The van der Waals surface area contributed by atoms with Crippen LogP contribution in [0.15, 0.2) is 29.6 Å². The maximum atomic E-state index is 15.9. The summed E-state index contributed by atoms with van der Waals surface area (Å²) >= 11 is 0. The van der Waals surface area contributed by atoms with E-state index in [1.54, 1.807) is 12.4 Å². The fourth-order valence-electron chi connectivity index (χ4n) is 4.51. The van der Waals surface area contributed by atoms with Gasteiger partial charge in [-0.2, -0.15) is 5.26 Å². The standard InChI is InChI=1S/C22H25FN6O3/c1-14-7-18(17-12-25-9-15(8-24)19(17)30)29(13-14)20(31)22(23)3-5-28(6-4-22)21-26-10-16(32-2)11-27-21/h9-12,14,18H,3-7,13H2,1-2H3,(H,25,30)/t14-,18+/m1/s1. The molecule has 4 heterocycles. The minimum absolute atomic E-state index is 0.00736. The van der Waals surface area contributed by atoms with Crippen LogP contribution in [0.3, 0.4) is 0 Å². The maximum Gasteiger partial charge on any atom is 0.260 e.